The molecule has 1 aliphatic rings. The Morgan fingerprint density at radius 1 is 1.26 bits per heavy atom. The highest BCUT2D eigenvalue weighted by molar-refractivity contribution is 7.12. The second-order valence-corrected chi connectivity index (χ2v) is 7.75. The van der Waals surface area contributed by atoms with Gasteiger partial charge in [-0.2, -0.15) is 0 Å². The molecule has 0 spiro atoms. The van der Waals surface area contributed by atoms with Crippen molar-refractivity contribution in [2.75, 3.05) is 27.2 Å². The molecule has 0 aliphatic carbocycles. The molecule has 1 atom stereocenters. The minimum absolute atomic E-state index is 0.0512. The summed E-state index contributed by atoms with van der Waals surface area (Å²) in [5.41, 5.74) is 0.164. The largest absolute Gasteiger partial charge is 0.503 e. The van der Waals surface area contributed by atoms with Crippen LogP contribution >= 0.6 is 11.3 Å². The van der Waals surface area contributed by atoms with E-state index in [0.29, 0.717) is 17.8 Å². The monoisotopic (exact) mass is 389 g/mol. The second-order valence-electron chi connectivity index (χ2n) is 6.80. The SMILES string of the molecule is C[NH+](C)CCCN1C(=O)C(O)=C(C(=O)c2cccs2)[C@H]1c1ccccc1F. The number of carbonyl (C=O) groups excluding carboxylic acids is 2. The summed E-state index contributed by atoms with van der Waals surface area (Å²) in [7, 11) is 4.00. The van der Waals surface area contributed by atoms with Gasteiger partial charge in [0.15, 0.2) is 5.76 Å². The number of Topliss-reactive ketones (excluding diaryl/α,β-unsaturated/α-hetero) is 1. The molecule has 2 N–H and O–H groups in total. The Bertz CT molecular complexity index is 877. The van der Waals surface area contributed by atoms with Crippen molar-refractivity contribution < 1.29 is 24.0 Å². The molecule has 1 aromatic carbocycles. The number of nitrogens with one attached hydrogen (secondary N) is 1. The lowest BCUT2D eigenvalue weighted by atomic mass is 9.95. The fourth-order valence-electron chi connectivity index (χ4n) is 3.28. The molecule has 1 aliphatic heterocycles. The van der Waals surface area contributed by atoms with Gasteiger partial charge < -0.3 is 14.9 Å². The average Bonchev–Trinajstić information content (AvgIpc) is 3.24. The first-order chi connectivity index (χ1) is 12.9. The smallest absolute Gasteiger partial charge is 0.290 e. The van der Waals surface area contributed by atoms with Crippen molar-refractivity contribution in [1.29, 1.82) is 0 Å². The Hall–Kier alpha value is -2.51. The number of amides is 1. The van der Waals surface area contributed by atoms with E-state index in [9.17, 15) is 19.1 Å². The predicted octanol–water partition coefficient (Wildman–Crippen LogP) is 2.00. The van der Waals surface area contributed by atoms with Crippen LogP contribution < -0.4 is 4.90 Å². The summed E-state index contributed by atoms with van der Waals surface area (Å²) >= 11 is 1.22. The van der Waals surface area contributed by atoms with Crippen molar-refractivity contribution in [2.24, 2.45) is 0 Å². The van der Waals surface area contributed by atoms with Gasteiger partial charge in [0, 0.05) is 18.5 Å². The maximum Gasteiger partial charge on any atom is 0.290 e. The van der Waals surface area contributed by atoms with E-state index in [4.69, 9.17) is 0 Å². The van der Waals surface area contributed by atoms with E-state index in [1.54, 1.807) is 35.7 Å². The number of hydrogen-bond acceptors (Lipinski definition) is 4. The summed E-state index contributed by atoms with van der Waals surface area (Å²) in [5, 5.41) is 12.2. The fraction of sp³-hybridized carbons (Fsp3) is 0.300. The molecule has 1 aromatic heterocycles. The van der Waals surface area contributed by atoms with Gasteiger partial charge >= 0.3 is 0 Å². The first kappa shape index (κ1) is 19.3. The Balaban J connectivity index is 2.02. The number of quaternary nitrogens is 1. The molecular weight excluding hydrogens is 367 g/mol. The first-order valence-electron chi connectivity index (χ1n) is 8.77. The minimum Gasteiger partial charge on any atom is -0.503 e. The number of hydrogen-bond donors (Lipinski definition) is 2. The molecular formula is C20H22FN2O3S+. The normalized spacial score (nSPS) is 17.3. The summed E-state index contributed by atoms with van der Waals surface area (Å²) in [4.78, 5) is 28.7. The Labute approximate surface area is 161 Å². The van der Waals surface area contributed by atoms with Gasteiger partial charge in [-0.3, -0.25) is 9.59 Å². The lowest BCUT2D eigenvalue weighted by Crippen LogP contribution is -3.05. The molecule has 0 bridgehead atoms. The van der Waals surface area contributed by atoms with Crippen LogP contribution in [0.2, 0.25) is 0 Å². The van der Waals surface area contributed by atoms with Crippen molar-refractivity contribution in [3.63, 3.8) is 0 Å². The zero-order valence-corrected chi connectivity index (χ0v) is 16.1. The van der Waals surface area contributed by atoms with Crippen LogP contribution in [0, 0.1) is 5.82 Å². The molecule has 142 valence electrons. The maximum absolute atomic E-state index is 14.5. The van der Waals surface area contributed by atoms with Crippen molar-refractivity contribution in [3.05, 3.63) is 69.4 Å². The van der Waals surface area contributed by atoms with Crippen LogP contribution in [-0.4, -0.2) is 48.9 Å². The van der Waals surface area contributed by atoms with Gasteiger partial charge in [-0.1, -0.05) is 24.3 Å². The van der Waals surface area contributed by atoms with Gasteiger partial charge in [0.05, 0.1) is 37.1 Å². The zero-order valence-electron chi connectivity index (χ0n) is 15.2. The molecule has 0 radical (unpaired) electrons. The predicted molar refractivity (Wildman–Crippen MR) is 101 cm³/mol. The average molecular weight is 389 g/mol. The van der Waals surface area contributed by atoms with Gasteiger partial charge in [-0.05, 0) is 17.5 Å². The number of nitrogens with zero attached hydrogens (tertiary/aromatic N) is 1. The second kappa shape index (κ2) is 8.02. The van der Waals surface area contributed by atoms with Gasteiger partial charge in [0.2, 0.25) is 5.78 Å². The van der Waals surface area contributed by atoms with E-state index in [-0.39, 0.29) is 11.1 Å². The van der Waals surface area contributed by atoms with Gasteiger partial charge in [-0.15, -0.1) is 11.3 Å². The van der Waals surface area contributed by atoms with Crippen LogP contribution in [0.5, 0.6) is 0 Å². The summed E-state index contributed by atoms with van der Waals surface area (Å²) in [5.74, 6) is -2.16. The molecule has 0 unspecified atom stereocenters. The van der Waals surface area contributed by atoms with Crippen LogP contribution in [0.3, 0.4) is 0 Å². The molecule has 27 heavy (non-hydrogen) atoms. The standard InChI is InChI=1S/C20H21FN2O3S/c1-22(2)10-6-11-23-17(13-7-3-4-8-14(13)21)16(19(25)20(23)26)18(24)15-9-5-12-27-15/h3-5,7-9,12,17,25H,6,10-11H2,1-2H3/p+1/t17-/m1/s1. The topological polar surface area (TPSA) is 62.1 Å². The lowest BCUT2D eigenvalue weighted by molar-refractivity contribution is -0.858. The van der Waals surface area contributed by atoms with Crippen LogP contribution in [0.15, 0.2) is 53.1 Å². The van der Waals surface area contributed by atoms with E-state index in [2.05, 4.69) is 0 Å². The first-order valence-corrected chi connectivity index (χ1v) is 9.65. The molecule has 3 rings (SSSR count). The van der Waals surface area contributed by atoms with Crippen LogP contribution in [0.25, 0.3) is 0 Å². The maximum atomic E-state index is 14.5. The van der Waals surface area contributed by atoms with E-state index in [1.165, 1.54) is 27.2 Å². The molecule has 2 aromatic rings. The quantitative estimate of drug-likeness (QED) is 0.712. The van der Waals surface area contributed by atoms with Gasteiger partial charge in [-0.25, -0.2) is 4.39 Å². The number of halogens is 1. The van der Waals surface area contributed by atoms with E-state index in [0.717, 1.165) is 6.54 Å². The molecule has 7 heteroatoms. The summed E-state index contributed by atoms with van der Waals surface area (Å²) in [6, 6.07) is 8.50. The highest BCUT2D eigenvalue weighted by atomic mass is 32.1. The van der Waals surface area contributed by atoms with Crippen molar-refractivity contribution in [2.45, 2.75) is 12.5 Å². The molecule has 0 saturated carbocycles. The third-order valence-corrected chi connectivity index (χ3v) is 5.44. The fourth-order valence-corrected chi connectivity index (χ4v) is 3.96. The molecule has 2 heterocycles. The molecule has 0 fully saturated rings. The number of ketones is 1. The minimum atomic E-state index is -0.925. The number of aliphatic hydroxyl groups is 1. The Morgan fingerprint density at radius 3 is 2.63 bits per heavy atom. The third-order valence-electron chi connectivity index (χ3n) is 4.57. The van der Waals surface area contributed by atoms with Crippen LogP contribution in [0.4, 0.5) is 4.39 Å². The zero-order chi connectivity index (χ0) is 19.6. The molecule has 5 nitrogen and oxygen atoms in total. The Morgan fingerprint density at radius 2 is 2.00 bits per heavy atom. The lowest BCUT2D eigenvalue weighted by Gasteiger charge is -2.27. The summed E-state index contributed by atoms with van der Waals surface area (Å²) < 4.78 is 14.5. The van der Waals surface area contributed by atoms with E-state index < -0.39 is 29.3 Å². The number of thiophene rings is 1. The molecule has 0 saturated heterocycles. The molecule has 1 amide bonds. The van der Waals surface area contributed by atoms with Gasteiger partial charge in [0.25, 0.3) is 5.91 Å². The third kappa shape index (κ3) is 3.79. The summed E-state index contributed by atoms with van der Waals surface area (Å²) in [6.45, 7) is 1.14. The number of carbonyl (C=O) groups is 2. The highest BCUT2D eigenvalue weighted by Gasteiger charge is 2.44. The van der Waals surface area contributed by atoms with Gasteiger partial charge in [0.1, 0.15) is 5.82 Å². The van der Waals surface area contributed by atoms with Crippen molar-refractivity contribution in [1.82, 2.24) is 4.90 Å². The van der Waals surface area contributed by atoms with E-state index >= 15 is 0 Å². The van der Waals surface area contributed by atoms with Crippen molar-refractivity contribution in [3.8, 4) is 0 Å². The summed E-state index contributed by atoms with van der Waals surface area (Å²) in [6.07, 6.45) is 0.673. The van der Waals surface area contributed by atoms with Crippen LogP contribution in [-0.2, 0) is 4.79 Å². The number of aliphatic hydroxyl groups excluding tert-OH is 1. The highest BCUT2D eigenvalue weighted by Crippen LogP contribution is 2.40. The van der Waals surface area contributed by atoms with Crippen molar-refractivity contribution >= 4 is 23.0 Å². The Kier molecular flexibility index (Phi) is 5.72. The number of benzene rings is 1. The van der Waals surface area contributed by atoms with Crippen LogP contribution in [0.1, 0.15) is 27.7 Å². The number of rotatable bonds is 7. The van der Waals surface area contributed by atoms with E-state index in [1.807, 2.05) is 14.1 Å².